The highest BCUT2D eigenvalue weighted by Crippen LogP contribution is 2.48. The van der Waals surface area contributed by atoms with E-state index in [2.05, 4.69) is 16.0 Å². The first-order valence-electron chi connectivity index (χ1n) is 21.2. The van der Waals surface area contributed by atoms with E-state index < -0.39 is 70.2 Å². The largest absolute Gasteiger partial charge is 0.480 e. The van der Waals surface area contributed by atoms with Crippen LogP contribution in [0.25, 0.3) is 0 Å². The SMILES string of the molecule is CC(C)[C@H](NC(=O)[C@H](CSC(c1ccccc1)(c1ccccc1)c1ccccc1)NC(=O)OC(C)(C)C)C(=O)N1Cc2ccccc2CC1C(=O)N[C@H](Cc1ccccc1)C(=O)O. The summed E-state index contributed by atoms with van der Waals surface area (Å²) in [6.45, 7) is 8.86. The molecule has 328 valence electrons. The van der Waals surface area contributed by atoms with Crippen molar-refractivity contribution in [2.24, 2.45) is 5.92 Å². The number of fused-ring (bicyclic) bond motifs is 1. The molecule has 0 spiro atoms. The minimum atomic E-state index is -1.25. The summed E-state index contributed by atoms with van der Waals surface area (Å²) < 4.78 is 4.83. The number of alkyl carbamates (subject to hydrolysis) is 1. The van der Waals surface area contributed by atoms with Gasteiger partial charge < -0.3 is 30.7 Å². The van der Waals surface area contributed by atoms with Crippen molar-refractivity contribution >= 4 is 41.5 Å². The minimum Gasteiger partial charge on any atom is -0.480 e. The molecule has 4 N–H and O–H groups in total. The lowest BCUT2D eigenvalue weighted by molar-refractivity contribution is -0.147. The average Bonchev–Trinajstić information content (AvgIpc) is 3.27. The Morgan fingerprint density at radius 2 is 1.17 bits per heavy atom. The van der Waals surface area contributed by atoms with Crippen molar-refractivity contribution in [1.82, 2.24) is 20.9 Å². The fourth-order valence-electron chi connectivity index (χ4n) is 7.86. The highest BCUT2D eigenvalue weighted by Gasteiger charge is 2.42. The van der Waals surface area contributed by atoms with Crippen LogP contribution in [-0.4, -0.2) is 75.3 Å². The lowest BCUT2D eigenvalue weighted by Gasteiger charge is -2.39. The standard InChI is InChI=1S/C51H56N4O7S/c1-34(2)44(47(58)55-32-37-23-19-18-22-36(37)31-43(55)46(57)52-41(48(59)60)30-35-20-10-6-11-21-35)54-45(56)42(53-49(61)62-50(3,4)5)33-63-51(38-24-12-7-13-25-38,39-26-14-8-15-27-39)40-28-16-9-17-29-40/h6-29,34,41-44H,30-33H2,1-5H3,(H,52,57)(H,53,61)(H,54,56)(H,59,60)/t41-,42+,43?,44+/m1/s1. The summed E-state index contributed by atoms with van der Waals surface area (Å²) in [6.07, 6.45) is -0.605. The summed E-state index contributed by atoms with van der Waals surface area (Å²) in [7, 11) is 0. The Labute approximate surface area is 374 Å². The van der Waals surface area contributed by atoms with Crippen molar-refractivity contribution in [2.45, 2.75) is 88.5 Å². The highest BCUT2D eigenvalue weighted by atomic mass is 32.2. The molecule has 5 aromatic carbocycles. The first kappa shape index (κ1) is 46.1. The van der Waals surface area contributed by atoms with Gasteiger partial charge in [0.2, 0.25) is 17.7 Å². The molecular weight excluding hydrogens is 813 g/mol. The molecule has 0 saturated heterocycles. The smallest absolute Gasteiger partial charge is 0.408 e. The van der Waals surface area contributed by atoms with Gasteiger partial charge in [-0.15, -0.1) is 11.8 Å². The first-order chi connectivity index (χ1) is 30.2. The third-order valence-electron chi connectivity index (χ3n) is 11.0. The Morgan fingerprint density at radius 3 is 1.67 bits per heavy atom. The molecule has 0 aliphatic carbocycles. The van der Waals surface area contributed by atoms with E-state index in [4.69, 9.17) is 4.74 Å². The molecule has 63 heavy (non-hydrogen) atoms. The summed E-state index contributed by atoms with van der Waals surface area (Å²) in [5.74, 6) is -3.35. The Morgan fingerprint density at radius 1 is 0.683 bits per heavy atom. The number of carbonyl (C=O) groups is 5. The molecule has 12 heteroatoms. The number of ether oxygens (including phenoxy) is 1. The van der Waals surface area contributed by atoms with Gasteiger partial charge in [-0.3, -0.25) is 14.4 Å². The van der Waals surface area contributed by atoms with Gasteiger partial charge in [-0.2, -0.15) is 0 Å². The second-order valence-electron chi connectivity index (χ2n) is 17.1. The van der Waals surface area contributed by atoms with Crippen LogP contribution >= 0.6 is 11.8 Å². The molecule has 0 radical (unpaired) electrons. The van der Waals surface area contributed by atoms with Crippen LogP contribution in [0.2, 0.25) is 0 Å². The maximum absolute atomic E-state index is 14.9. The number of thioether (sulfide) groups is 1. The molecule has 0 fully saturated rings. The lowest BCUT2D eigenvalue weighted by Crippen LogP contribution is -2.62. The van der Waals surface area contributed by atoms with Crippen molar-refractivity contribution in [2.75, 3.05) is 5.75 Å². The van der Waals surface area contributed by atoms with Gasteiger partial charge in [0.05, 0.1) is 4.75 Å². The zero-order valence-electron chi connectivity index (χ0n) is 36.3. The van der Waals surface area contributed by atoms with E-state index in [0.29, 0.717) is 0 Å². The number of carbonyl (C=O) groups excluding carboxylic acids is 4. The fourth-order valence-corrected chi connectivity index (χ4v) is 9.42. The topological polar surface area (TPSA) is 154 Å². The van der Waals surface area contributed by atoms with Crippen molar-refractivity contribution in [1.29, 1.82) is 0 Å². The van der Waals surface area contributed by atoms with Crippen molar-refractivity contribution < 1.29 is 33.8 Å². The molecule has 11 nitrogen and oxygen atoms in total. The van der Waals surface area contributed by atoms with Gasteiger partial charge in [0.25, 0.3) is 0 Å². The van der Waals surface area contributed by atoms with E-state index in [1.165, 1.54) is 16.7 Å². The van der Waals surface area contributed by atoms with Crippen LogP contribution < -0.4 is 16.0 Å². The number of amides is 4. The monoisotopic (exact) mass is 868 g/mol. The van der Waals surface area contributed by atoms with Crippen molar-refractivity contribution in [3.63, 3.8) is 0 Å². The van der Waals surface area contributed by atoms with Gasteiger partial charge in [0.15, 0.2) is 0 Å². The minimum absolute atomic E-state index is 0.0496. The third-order valence-corrected chi connectivity index (χ3v) is 12.6. The van der Waals surface area contributed by atoms with E-state index in [1.54, 1.807) is 58.9 Å². The molecule has 4 atom stereocenters. The second kappa shape index (κ2) is 20.6. The maximum Gasteiger partial charge on any atom is 0.408 e. The zero-order valence-corrected chi connectivity index (χ0v) is 37.1. The molecule has 0 bridgehead atoms. The summed E-state index contributed by atoms with van der Waals surface area (Å²) in [6, 6.07) is 41.8. The van der Waals surface area contributed by atoms with E-state index in [9.17, 15) is 29.1 Å². The molecule has 0 saturated carbocycles. The Balaban J connectivity index is 1.32. The van der Waals surface area contributed by atoms with Gasteiger partial charge in [-0.1, -0.05) is 159 Å². The number of rotatable bonds is 16. The molecule has 1 heterocycles. The van der Waals surface area contributed by atoms with Gasteiger partial charge in [-0.05, 0) is 60.1 Å². The number of carboxylic acid groups (broad SMARTS) is 1. The van der Waals surface area contributed by atoms with Gasteiger partial charge in [-0.25, -0.2) is 9.59 Å². The number of aliphatic carboxylic acids is 1. The number of hydrogen-bond donors (Lipinski definition) is 4. The normalized spacial score (nSPS) is 15.3. The quantitative estimate of drug-likeness (QED) is 0.0744. The number of nitrogens with zero attached hydrogens (tertiary/aromatic N) is 1. The predicted octanol–water partition coefficient (Wildman–Crippen LogP) is 7.51. The summed E-state index contributed by atoms with van der Waals surface area (Å²) >= 11 is 1.47. The fraction of sp³-hybridized carbons (Fsp3) is 0.314. The van der Waals surface area contributed by atoms with E-state index >= 15 is 0 Å². The maximum atomic E-state index is 14.9. The number of hydrogen-bond acceptors (Lipinski definition) is 7. The van der Waals surface area contributed by atoms with Crippen LogP contribution in [0.4, 0.5) is 4.79 Å². The molecule has 6 rings (SSSR count). The molecular formula is C51H56N4O7S. The number of benzene rings is 5. The summed E-state index contributed by atoms with van der Waals surface area (Å²) in [5.41, 5.74) is 4.45. The van der Waals surface area contributed by atoms with Crippen LogP contribution in [0, 0.1) is 5.92 Å². The van der Waals surface area contributed by atoms with Crippen molar-refractivity contribution in [3.05, 3.63) is 179 Å². The van der Waals surface area contributed by atoms with E-state index in [1.807, 2.05) is 121 Å². The molecule has 4 amide bonds. The summed E-state index contributed by atoms with van der Waals surface area (Å²) in [5, 5.41) is 18.7. The molecule has 1 aliphatic heterocycles. The predicted molar refractivity (Wildman–Crippen MR) is 246 cm³/mol. The lowest BCUT2D eigenvalue weighted by atomic mass is 9.84. The number of carboxylic acids is 1. The molecule has 5 aromatic rings. The van der Waals surface area contributed by atoms with Crippen LogP contribution in [0.5, 0.6) is 0 Å². The zero-order chi connectivity index (χ0) is 45.1. The first-order valence-corrected chi connectivity index (χ1v) is 22.2. The molecule has 1 unspecified atom stereocenters. The van der Waals surface area contributed by atoms with Crippen LogP contribution in [0.1, 0.15) is 68.0 Å². The van der Waals surface area contributed by atoms with Gasteiger partial charge in [0.1, 0.15) is 29.8 Å². The Bertz CT molecular complexity index is 2240. The van der Waals surface area contributed by atoms with Crippen LogP contribution in [0.15, 0.2) is 146 Å². The Kier molecular flexibility index (Phi) is 15.1. The van der Waals surface area contributed by atoms with Gasteiger partial charge >= 0.3 is 12.1 Å². The second-order valence-corrected chi connectivity index (χ2v) is 18.3. The van der Waals surface area contributed by atoms with E-state index in [0.717, 1.165) is 33.4 Å². The number of nitrogens with one attached hydrogen (secondary N) is 3. The van der Waals surface area contributed by atoms with Crippen molar-refractivity contribution in [3.8, 4) is 0 Å². The third kappa shape index (κ3) is 11.6. The van der Waals surface area contributed by atoms with Crippen LogP contribution in [0.3, 0.4) is 0 Å². The summed E-state index contributed by atoms with van der Waals surface area (Å²) in [4.78, 5) is 71.3. The van der Waals surface area contributed by atoms with E-state index in [-0.39, 0.29) is 25.1 Å². The van der Waals surface area contributed by atoms with Crippen LogP contribution in [-0.2, 0) is 48.0 Å². The highest BCUT2D eigenvalue weighted by molar-refractivity contribution is 8.00. The Hall–Kier alpha value is -6.40. The molecule has 0 aromatic heterocycles. The molecule has 1 aliphatic rings. The average molecular weight is 869 g/mol. The van der Waals surface area contributed by atoms with Gasteiger partial charge in [0, 0.05) is 25.1 Å².